The van der Waals surface area contributed by atoms with Crippen LogP contribution in [-0.2, 0) is 24.7 Å². The molecule has 0 fully saturated rings. The number of nitrogens with zero attached hydrogens (tertiary/aromatic N) is 3. The topological polar surface area (TPSA) is 85.8 Å². The molecule has 0 radical (unpaired) electrons. The lowest BCUT2D eigenvalue weighted by molar-refractivity contribution is -0.120. The van der Waals surface area contributed by atoms with Gasteiger partial charge < -0.3 is 11.1 Å². The number of hydrogen-bond acceptors (Lipinski definition) is 5. The summed E-state index contributed by atoms with van der Waals surface area (Å²) in [6.45, 7) is 6.54. The fourth-order valence-corrected chi connectivity index (χ4v) is 3.12. The molecule has 6 nitrogen and oxygen atoms in total. The van der Waals surface area contributed by atoms with Crippen LogP contribution in [0.25, 0.3) is 0 Å². The summed E-state index contributed by atoms with van der Waals surface area (Å²) in [6, 6.07) is -0.0849. The van der Waals surface area contributed by atoms with Crippen LogP contribution in [0.2, 0.25) is 0 Å². The molecule has 1 unspecified atom stereocenters. The zero-order valence-corrected chi connectivity index (χ0v) is 14.3. The number of carbonyl (C=O) groups is 1. The average Bonchev–Trinajstić information content (AvgIpc) is 2.99. The summed E-state index contributed by atoms with van der Waals surface area (Å²) < 4.78 is 1.87. The molecule has 0 aromatic carbocycles. The molecule has 2 aromatic heterocycles. The first-order chi connectivity index (χ1) is 10.4. The van der Waals surface area contributed by atoms with Crippen LogP contribution in [0.15, 0.2) is 5.38 Å². The van der Waals surface area contributed by atoms with Gasteiger partial charge in [0.05, 0.1) is 23.9 Å². The maximum absolute atomic E-state index is 12.0. The predicted octanol–water partition coefficient (Wildman–Crippen LogP) is 1.41. The summed E-state index contributed by atoms with van der Waals surface area (Å²) >= 11 is 1.50. The van der Waals surface area contributed by atoms with Gasteiger partial charge in [0, 0.05) is 24.7 Å². The van der Waals surface area contributed by atoms with Crippen molar-refractivity contribution in [1.82, 2.24) is 20.1 Å². The van der Waals surface area contributed by atoms with Crippen LogP contribution >= 0.6 is 11.3 Å². The molecule has 0 bridgehead atoms. The van der Waals surface area contributed by atoms with E-state index in [9.17, 15) is 4.79 Å². The highest BCUT2D eigenvalue weighted by Gasteiger charge is 2.11. The Kier molecular flexibility index (Phi) is 5.31. The molecule has 2 rings (SSSR count). The SMILES string of the molecule is Cc1nn(C)c(C)c1CCNC(=O)Cc1csc(C(C)N)n1. The summed E-state index contributed by atoms with van der Waals surface area (Å²) in [6.07, 6.45) is 1.09. The van der Waals surface area contributed by atoms with Crippen molar-refractivity contribution in [2.45, 2.75) is 39.7 Å². The van der Waals surface area contributed by atoms with Gasteiger partial charge in [0.1, 0.15) is 5.01 Å². The summed E-state index contributed by atoms with van der Waals surface area (Å²) in [5.41, 5.74) is 9.93. The first kappa shape index (κ1) is 16.6. The van der Waals surface area contributed by atoms with E-state index in [1.165, 1.54) is 16.9 Å². The van der Waals surface area contributed by atoms with Gasteiger partial charge in [-0.1, -0.05) is 0 Å². The Labute approximate surface area is 134 Å². The number of aryl methyl sites for hydroxylation is 2. The van der Waals surface area contributed by atoms with Crippen molar-refractivity contribution in [3.05, 3.63) is 33.0 Å². The molecule has 0 spiro atoms. The third-order valence-corrected chi connectivity index (χ3v) is 4.75. The summed E-state index contributed by atoms with van der Waals surface area (Å²) in [7, 11) is 1.93. The molecule has 0 saturated carbocycles. The van der Waals surface area contributed by atoms with Crippen molar-refractivity contribution in [3.63, 3.8) is 0 Å². The van der Waals surface area contributed by atoms with E-state index in [0.717, 1.165) is 28.5 Å². The Morgan fingerprint density at radius 1 is 1.50 bits per heavy atom. The van der Waals surface area contributed by atoms with E-state index in [2.05, 4.69) is 15.4 Å². The highest BCUT2D eigenvalue weighted by molar-refractivity contribution is 7.09. The van der Waals surface area contributed by atoms with Crippen LogP contribution < -0.4 is 11.1 Å². The van der Waals surface area contributed by atoms with Crippen molar-refractivity contribution >= 4 is 17.2 Å². The third kappa shape index (κ3) is 3.92. The van der Waals surface area contributed by atoms with Crippen molar-refractivity contribution in [1.29, 1.82) is 0 Å². The first-order valence-corrected chi connectivity index (χ1v) is 8.22. The van der Waals surface area contributed by atoms with Gasteiger partial charge in [0.15, 0.2) is 0 Å². The number of hydrogen-bond donors (Lipinski definition) is 2. The lowest BCUT2D eigenvalue weighted by Crippen LogP contribution is -2.27. The molecule has 22 heavy (non-hydrogen) atoms. The Hall–Kier alpha value is -1.73. The normalized spacial score (nSPS) is 12.4. The fourth-order valence-electron chi connectivity index (χ4n) is 2.35. The minimum Gasteiger partial charge on any atom is -0.355 e. The number of aromatic nitrogens is 3. The molecule has 1 atom stereocenters. The zero-order chi connectivity index (χ0) is 16.3. The van der Waals surface area contributed by atoms with E-state index >= 15 is 0 Å². The third-order valence-electron chi connectivity index (χ3n) is 3.66. The second kappa shape index (κ2) is 7.02. The summed E-state index contributed by atoms with van der Waals surface area (Å²) in [5.74, 6) is -0.0132. The van der Waals surface area contributed by atoms with Crippen LogP contribution in [0.3, 0.4) is 0 Å². The van der Waals surface area contributed by atoms with Gasteiger partial charge in [-0.05, 0) is 32.8 Å². The maximum Gasteiger partial charge on any atom is 0.226 e. The second-order valence-electron chi connectivity index (χ2n) is 5.52. The van der Waals surface area contributed by atoms with Gasteiger partial charge >= 0.3 is 0 Å². The Balaban J connectivity index is 1.82. The summed E-state index contributed by atoms with van der Waals surface area (Å²) in [5, 5.41) is 10.1. The number of rotatable bonds is 6. The van der Waals surface area contributed by atoms with Gasteiger partial charge in [-0.3, -0.25) is 9.48 Å². The molecule has 0 aliphatic rings. The molecule has 2 heterocycles. The van der Waals surface area contributed by atoms with Gasteiger partial charge in [-0.2, -0.15) is 5.10 Å². The Morgan fingerprint density at radius 3 is 2.77 bits per heavy atom. The number of amides is 1. The number of nitrogens with two attached hydrogens (primary N) is 1. The number of thiazole rings is 1. The van der Waals surface area contributed by atoms with Crippen LogP contribution in [0.1, 0.15) is 40.6 Å². The van der Waals surface area contributed by atoms with Crippen molar-refractivity contribution in [2.75, 3.05) is 6.54 Å². The van der Waals surface area contributed by atoms with Gasteiger partial charge in [-0.15, -0.1) is 11.3 Å². The predicted molar refractivity (Wildman–Crippen MR) is 87.8 cm³/mol. The van der Waals surface area contributed by atoms with Crippen LogP contribution in [-0.4, -0.2) is 27.2 Å². The molecular formula is C15H23N5OS. The van der Waals surface area contributed by atoms with Crippen LogP contribution in [0, 0.1) is 13.8 Å². The van der Waals surface area contributed by atoms with Crippen LogP contribution in [0.5, 0.6) is 0 Å². The molecule has 3 N–H and O–H groups in total. The molecule has 0 aliphatic heterocycles. The molecule has 1 amide bonds. The molecule has 0 aliphatic carbocycles. The van der Waals surface area contributed by atoms with E-state index in [1.54, 1.807) is 0 Å². The number of carbonyl (C=O) groups excluding carboxylic acids is 1. The highest BCUT2D eigenvalue weighted by atomic mass is 32.1. The fraction of sp³-hybridized carbons (Fsp3) is 0.533. The van der Waals surface area contributed by atoms with E-state index in [1.807, 2.05) is 37.9 Å². The van der Waals surface area contributed by atoms with E-state index in [-0.39, 0.29) is 11.9 Å². The monoisotopic (exact) mass is 321 g/mol. The van der Waals surface area contributed by atoms with Crippen molar-refractivity contribution in [2.24, 2.45) is 12.8 Å². The van der Waals surface area contributed by atoms with Crippen molar-refractivity contribution in [3.8, 4) is 0 Å². The average molecular weight is 321 g/mol. The molecule has 120 valence electrons. The number of nitrogens with one attached hydrogen (secondary N) is 1. The highest BCUT2D eigenvalue weighted by Crippen LogP contribution is 2.16. The molecular weight excluding hydrogens is 298 g/mol. The lowest BCUT2D eigenvalue weighted by atomic mass is 10.1. The van der Waals surface area contributed by atoms with Crippen molar-refractivity contribution < 1.29 is 4.79 Å². The van der Waals surface area contributed by atoms with Gasteiger partial charge in [0.2, 0.25) is 5.91 Å². The quantitative estimate of drug-likeness (QED) is 0.842. The minimum atomic E-state index is -0.0849. The van der Waals surface area contributed by atoms with E-state index in [4.69, 9.17) is 5.73 Å². The van der Waals surface area contributed by atoms with E-state index < -0.39 is 0 Å². The lowest BCUT2D eigenvalue weighted by Gasteiger charge is -2.05. The largest absolute Gasteiger partial charge is 0.355 e. The van der Waals surface area contributed by atoms with E-state index in [0.29, 0.717) is 13.0 Å². The molecule has 2 aromatic rings. The smallest absolute Gasteiger partial charge is 0.226 e. The van der Waals surface area contributed by atoms with Gasteiger partial charge in [0.25, 0.3) is 0 Å². The molecule has 0 saturated heterocycles. The standard InChI is InChI=1S/C15H23N5OS/c1-9(16)15-18-12(8-22-15)7-14(21)17-6-5-13-10(2)19-20(4)11(13)3/h8-9H,5-7,16H2,1-4H3,(H,17,21). The Morgan fingerprint density at radius 2 is 2.23 bits per heavy atom. The Bertz CT molecular complexity index is 659. The maximum atomic E-state index is 12.0. The van der Waals surface area contributed by atoms with Crippen LogP contribution in [0.4, 0.5) is 0 Å². The second-order valence-corrected chi connectivity index (χ2v) is 6.41. The summed E-state index contributed by atoms with van der Waals surface area (Å²) in [4.78, 5) is 16.3. The van der Waals surface area contributed by atoms with Gasteiger partial charge in [-0.25, -0.2) is 4.98 Å². The first-order valence-electron chi connectivity index (χ1n) is 7.34. The zero-order valence-electron chi connectivity index (χ0n) is 13.5. The minimum absolute atomic E-state index is 0.0132. The molecule has 7 heteroatoms.